The highest BCUT2D eigenvalue weighted by molar-refractivity contribution is 9.10. The fourth-order valence-corrected chi connectivity index (χ4v) is 2.17. The van der Waals surface area contributed by atoms with Crippen molar-refractivity contribution in [1.29, 1.82) is 5.26 Å². The van der Waals surface area contributed by atoms with Crippen LogP contribution < -0.4 is 0 Å². The molecule has 0 atom stereocenters. The summed E-state index contributed by atoms with van der Waals surface area (Å²) in [6.07, 6.45) is 1.55. The molecule has 3 rings (SSSR count). The zero-order chi connectivity index (χ0) is 13.2. The standard InChI is InChI=1S/C13H7BrN4O/c14-9-3-1-4-10(7-9)18-13(11(8-15)16-17-18)12-5-2-6-19-12/h1-7H. The van der Waals surface area contributed by atoms with Crippen LogP contribution in [0.5, 0.6) is 0 Å². The Balaban J connectivity index is 2.24. The van der Waals surface area contributed by atoms with Crippen LogP contribution in [-0.2, 0) is 0 Å². The van der Waals surface area contributed by atoms with E-state index in [1.165, 1.54) is 0 Å². The molecule has 2 aromatic heterocycles. The molecule has 3 aromatic rings. The SMILES string of the molecule is N#Cc1nnn(-c2cccc(Br)c2)c1-c1ccco1. The van der Waals surface area contributed by atoms with Crippen molar-refractivity contribution < 1.29 is 4.42 Å². The predicted molar refractivity (Wildman–Crippen MR) is 71.5 cm³/mol. The van der Waals surface area contributed by atoms with Crippen molar-refractivity contribution in [1.82, 2.24) is 15.0 Å². The third-order valence-electron chi connectivity index (χ3n) is 2.58. The summed E-state index contributed by atoms with van der Waals surface area (Å²) in [5.74, 6) is 0.557. The van der Waals surface area contributed by atoms with Crippen LogP contribution in [-0.4, -0.2) is 15.0 Å². The van der Waals surface area contributed by atoms with Crippen molar-refractivity contribution >= 4 is 15.9 Å². The third kappa shape index (κ3) is 2.04. The van der Waals surface area contributed by atoms with Gasteiger partial charge in [0.15, 0.2) is 11.5 Å². The molecule has 6 heteroatoms. The van der Waals surface area contributed by atoms with E-state index in [1.54, 1.807) is 23.1 Å². The zero-order valence-electron chi connectivity index (χ0n) is 9.62. The van der Waals surface area contributed by atoms with Gasteiger partial charge in [0.05, 0.1) is 12.0 Å². The highest BCUT2D eigenvalue weighted by atomic mass is 79.9. The van der Waals surface area contributed by atoms with Gasteiger partial charge in [0.1, 0.15) is 11.8 Å². The maximum atomic E-state index is 9.12. The molecule has 0 aliphatic heterocycles. The third-order valence-corrected chi connectivity index (χ3v) is 3.08. The normalized spacial score (nSPS) is 10.3. The topological polar surface area (TPSA) is 67.6 Å². The molecule has 0 spiro atoms. The molecule has 5 nitrogen and oxygen atoms in total. The van der Waals surface area contributed by atoms with Crippen molar-refractivity contribution in [2.24, 2.45) is 0 Å². The summed E-state index contributed by atoms with van der Waals surface area (Å²) in [6, 6.07) is 13.1. The highest BCUT2D eigenvalue weighted by Crippen LogP contribution is 2.26. The van der Waals surface area contributed by atoms with E-state index in [0.29, 0.717) is 11.5 Å². The minimum absolute atomic E-state index is 0.231. The molecule has 0 bridgehead atoms. The molecule has 0 aliphatic rings. The lowest BCUT2D eigenvalue weighted by Gasteiger charge is -2.04. The van der Waals surface area contributed by atoms with Crippen molar-refractivity contribution in [3.8, 4) is 23.2 Å². The second kappa shape index (κ2) is 4.71. The van der Waals surface area contributed by atoms with Crippen molar-refractivity contribution in [3.63, 3.8) is 0 Å². The molecule has 0 saturated heterocycles. The van der Waals surface area contributed by atoms with Gasteiger partial charge in [-0.1, -0.05) is 27.2 Å². The largest absolute Gasteiger partial charge is 0.463 e. The quantitative estimate of drug-likeness (QED) is 0.728. The van der Waals surface area contributed by atoms with Crippen LogP contribution >= 0.6 is 15.9 Å². The minimum Gasteiger partial charge on any atom is -0.463 e. The lowest BCUT2D eigenvalue weighted by atomic mass is 10.2. The average molecular weight is 315 g/mol. The summed E-state index contributed by atoms with van der Waals surface area (Å²) in [5.41, 5.74) is 1.58. The molecule has 0 radical (unpaired) electrons. The van der Waals surface area contributed by atoms with Crippen LogP contribution in [0.2, 0.25) is 0 Å². The van der Waals surface area contributed by atoms with E-state index in [-0.39, 0.29) is 5.69 Å². The monoisotopic (exact) mass is 314 g/mol. The van der Waals surface area contributed by atoms with E-state index in [2.05, 4.69) is 26.2 Å². The first kappa shape index (κ1) is 11.7. The number of benzene rings is 1. The molecule has 0 fully saturated rings. The smallest absolute Gasteiger partial charge is 0.194 e. The van der Waals surface area contributed by atoms with Crippen molar-refractivity contribution in [3.05, 3.63) is 52.8 Å². The lowest BCUT2D eigenvalue weighted by molar-refractivity contribution is 0.576. The average Bonchev–Trinajstić information content (AvgIpc) is 3.07. The van der Waals surface area contributed by atoms with Crippen LogP contribution in [0.3, 0.4) is 0 Å². The van der Waals surface area contributed by atoms with Crippen LogP contribution in [0.1, 0.15) is 5.69 Å². The van der Waals surface area contributed by atoms with Gasteiger partial charge in [-0.15, -0.1) is 5.10 Å². The molecule has 0 unspecified atom stereocenters. The zero-order valence-corrected chi connectivity index (χ0v) is 11.2. The molecule has 2 heterocycles. The summed E-state index contributed by atoms with van der Waals surface area (Å²) < 4.78 is 7.86. The van der Waals surface area contributed by atoms with E-state index >= 15 is 0 Å². The van der Waals surface area contributed by atoms with Gasteiger partial charge in [-0.3, -0.25) is 0 Å². The summed E-state index contributed by atoms with van der Waals surface area (Å²) >= 11 is 3.41. The molecular weight excluding hydrogens is 308 g/mol. The fraction of sp³-hybridized carbons (Fsp3) is 0. The maximum absolute atomic E-state index is 9.12. The number of aromatic nitrogens is 3. The van der Waals surface area contributed by atoms with E-state index in [1.807, 2.05) is 30.3 Å². The first-order valence-electron chi connectivity index (χ1n) is 5.45. The van der Waals surface area contributed by atoms with Gasteiger partial charge >= 0.3 is 0 Å². The Bertz CT molecular complexity index is 755. The van der Waals surface area contributed by atoms with Crippen LogP contribution in [0.4, 0.5) is 0 Å². The molecule has 1 aromatic carbocycles. The van der Waals surface area contributed by atoms with Gasteiger partial charge < -0.3 is 4.42 Å². The summed E-state index contributed by atoms with van der Waals surface area (Å²) in [6.45, 7) is 0. The lowest BCUT2D eigenvalue weighted by Crippen LogP contribution is -1.99. The van der Waals surface area contributed by atoms with Gasteiger partial charge in [-0.05, 0) is 30.3 Å². The Labute approximate surface area is 117 Å². The van der Waals surface area contributed by atoms with E-state index in [4.69, 9.17) is 9.68 Å². The first-order chi connectivity index (χ1) is 9.29. The van der Waals surface area contributed by atoms with Crippen LogP contribution in [0, 0.1) is 11.3 Å². The number of nitriles is 1. The number of hydrogen-bond donors (Lipinski definition) is 0. The Morgan fingerprint density at radius 2 is 2.16 bits per heavy atom. The maximum Gasteiger partial charge on any atom is 0.194 e. The number of halogens is 1. The summed E-state index contributed by atoms with van der Waals surface area (Å²) in [5, 5.41) is 17.0. The number of rotatable bonds is 2. The van der Waals surface area contributed by atoms with E-state index in [0.717, 1.165) is 10.2 Å². The number of nitrogens with zero attached hydrogens (tertiary/aromatic N) is 4. The molecule has 0 saturated carbocycles. The van der Waals surface area contributed by atoms with E-state index in [9.17, 15) is 0 Å². The van der Waals surface area contributed by atoms with Gasteiger partial charge in [-0.2, -0.15) is 5.26 Å². The van der Waals surface area contributed by atoms with Gasteiger partial charge in [0.25, 0.3) is 0 Å². The Hall–Kier alpha value is -2.39. The second-order valence-corrected chi connectivity index (χ2v) is 4.68. The van der Waals surface area contributed by atoms with Crippen LogP contribution in [0.15, 0.2) is 51.6 Å². The van der Waals surface area contributed by atoms with Gasteiger partial charge in [-0.25, -0.2) is 4.68 Å². The van der Waals surface area contributed by atoms with Crippen molar-refractivity contribution in [2.45, 2.75) is 0 Å². The molecule has 19 heavy (non-hydrogen) atoms. The fourth-order valence-electron chi connectivity index (χ4n) is 1.78. The highest BCUT2D eigenvalue weighted by Gasteiger charge is 2.18. The van der Waals surface area contributed by atoms with E-state index < -0.39 is 0 Å². The number of hydrogen-bond acceptors (Lipinski definition) is 4. The Kier molecular flexibility index (Phi) is 2.89. The second-order valence-electron chi connectivity index (χ2n) is 3.77. The van der Waals surface area contributed by atoms with Gasteiger partial charge in [0.2, 0.25) is 0 Å². The molecule has 92 valence electrons. The minimum atomic E-state index is 0.231. The first-order valence-corrected chi connectivity index (χ1v) is 6.24. The molecule has 0 aliphatic carbocycles. The molecule has 0 amide bonds. The summed E-state index contributed by atoms with van der Waals surface area (Å²) in [4.78, 5) is 0. The Morgan fingerprint density at radius 3 is 2.84 bits per heavy atom. The van der Waals surface area contributed by atoms with Crippen molar-refractivity contribution in [2.75, 3.05) is 0 Å². The number of furan rings is 1. The van der Waals surface area contributed by atoms with Gasteiger partial charge in [0, 0.05) is 4.47 Å². The molecular formula is C13H7BrN4O. The molecule has 0 N–H and O–H groups in total. The van der Waals surface area contributed by atoms with Crippen LogP contribution in [0.25, 0.3) is 17.1 Å². The summed E-state index contributed by atoms with van der Waals surface area (Å²) in [7, 11) is 0. The Morgan fingerprint density at radius 1 is 1.26 bits per heavy atom. The predicted octanol–water partition coefficient (Wildman–Crippen LogP) is 3.16.